The van der Waals surface area contributed by atoms with Crippen LogP contribution in [0.25, 0.3) is 0 Å². The number of hydrogen-bond donors (Lipinski definition) is 1. The number of rotatable bonds is 2. The first-order valence-corrected chi connectivity index (χ1v) is 10.4. The van der Waals surface area contributed by atoms with Crippen LogP contribution in [-0.4, -0.2) is 32.3 Å². The van der Waals surface area contributed by atoms with Gasteiger partial charge in [-0.05, 0) is 12.1 Å². The third-order valence-electron chi connectivity index (χ3n) is 3.64. The second-order valence-corrected chi connectivity index (χ2v) is 11.2. The van der Waals surface area contributed by atoms with Crippen molar-refractivity contribution in [3.8, 4) is 11.5 Å². The van der Waals surface area contributed by atoms with Crippen molar-refractivity contribution in [3.63, 3.8) is 0 Å². The van der Waals surface area contributed by atoms with Crippen molar-refractivity contribution in [2.45, 2.75) is 25.7 Å². The molecule has 0 radical (unpaired) electrons. The predicted octanol–water partition coefficient (Wildman–Crippen LogP) is 2.37. The summed E-state index contributed by atoms with van der Waals surface area (Å²) >= 11 is 0. The van der Waals surface area contributed by atoms with Crippen molar-refractivity contribution in [3.05, 3.63) is 23.9 Å². The maximum atomic E-state index is 5.41. The summed E-state index contributed by atoms with van der Waals surface area (Å²) in [5.41, 5.74) is 4.43. The smallest absolute Gasteiger partial charge is 0.141 e. The lowest BCUT2D eigenvalue weighted by Crippen LogP contribution is -2.17. The fraction of sp³-hybridized carbons (Fsp3) is 0.533. The topological polar surface area (TPSA) is 34.2 Å². The molecular formula is C15H20N2OSi. The largest absolute Gasteiger partial charge is 0.381 e. The van der Waals surface area contributed by atoms with Crippen LogP contribution in [0.2, 0.25) is 19.6 Å². The van der Waals surface area contributed by atoms with Crippen molar-refractivity contribution in [1.29, 1.82) is 0 Å². The maximum absolute atomic E-state index is 5.41. The Morgan fingerprint density at radius 1 is 1.32 bits per heavy atom. The number of hydrogen-bond acceptors (Lipinski definition) is 3. The van der Waals surface area contributed by atoms with Gasteiger partial charge in [0.15, 0.2) is 0 Å². The summed E-state index contributed by atoms with van der Waals surface area (Å²) in [6.07, 6.45) is 1.83. The van der Waals surface area contributed by atoms with Gasteiger partial charge in [0.25, 0.3) is 0 Å². The van der Waals surface area contributed by atoms with Gasteiger partial charge in [0.1, 0.15) is 13.9 Å². The molecule has 3 atom stereocenters. The van der Waals surface area contributed by atoms with Crippen LogP contribution in [0.15, 0.2) is 18.3 Å². The molecule has 1 saturated heterocycles. The van der Waals surface area contributed by atoms with Gasteiger partial charge in [-0.2, -0.15) is 0 Å². The summed E-state index contributed by atoms with van der Waals surface area (Å²) < 4.78 is 5.41. The summed E-state index contributed by atoms with van der Waals surface area (Å²) in [5.74, 6) is 5.61. The Balaban J connectivity index is 1.76. The third kappa shape index (κ3) is 2.83. The molecule has 1 unspecified atom stereocenters. The van der Waals surface area contributed by atoms with Gasteiger partial charge in [-0.15, -0.1) is 5.54 Å². The molecule has 1 aliphatic carbocycles. The second-order valence-electron chi connectivity index (χ2n) is 6.43. The minimum absolute atomic E-state index is 0.538. The third-order valence-corrected chi connectivity index (χ3v) is 4.51. The van der Waals surface area contributed by atoms with Crippen LogP contribution in [0.1, 0.15) is 5.56 Å². The van der Waals surface area contributed by atoms with Gasteiger partial charge in [0.05, 0.1) is 18.8 Å². The quantitative estimate of drug-likeness (QED) is 0.663. The average molecular weight is 272 g/mol. The van der Waals surface area contributed by atoms with E-state index in [1.807, 2.05) is 12.3 Å². The highest BCUT2D eigenvalue weighted by Crippen LogP contribution is 2.45. The lowest BCUT2D eigenvalue weighted by molar-refractivity contribution is 0.162. The number of ether oxygens (including phenoxy) is 1. The van der Waals surface area contributed by atoms with E-state index in [2.05, 4.69) is 47.5 Å². The molecule has 4 heteroatoms. The molecule has 1 N–H and O–H groups in total. The Hall–Kier alpha value is -1.31. The standard InChI is InChI=1S/C15H20N2OSi/c1-19(2,3)8-6-11-5-4-7-16-15(11)17-14-12-9-18-10-13(12)14/h4-5,7,12-14H,9-10H2,1-3H3,(H,16,17)/t12-,13+,14?. The van der Waals surface area contributed by atoms with E-state index < -0.39 is 8.07 Å². The number of nitrogens with one attached hydrogen (secondary N) is 1. The maximum Gasteiger partial charge on any atom is 0.141 e. The number of anilines is 1. The molecule has 2 heterocycles. The van der Waals surface area contributed by atoms with Gasteiger partial charge >= 0.3 is 0 Å². The van der Waals surface area contributed by atoms with Crippen molar-refractivity contribution in [2.24, 2.45) is 11.8 Å². The molecule has 1 saturated carbocycles. The number of fused-ring (bicyclic) bond motifs is 1. The lowest BCUT2D eigenvalue weighted by Gasteiger charge is -2.10. The van der Waals surface area contributed by atoms with Crippen molar-refractivity contribution in [1.82, 2.24) is 4.98 Å². The summed E-state index contributed by atoms with van der Waals surface area (Å²) in [6.45, 7) is 8.56. The highest BCUT2D eigenvalue weighted by Gasteiger charge is 2.54. The van der Waals surface area contributed by atoms with E-state index in [0.29, 0.717) is 17.9 Å². The van der Waals surface area contributed by atoms with Crippen LogP contribution in [-0.2, 0) is 4.74 Å². The van der Waals surface area contributed by atoms with Crippen LogP contribution in [0.4, 0.5) is 5.82 Å². The SMILES string of the molecule is C[Si](C)(C)C#Cc1cccnc1NC1[C@H]2COC[C@@H]12. The second kappa shape index (κ2) is 4.66. The molecule has 100 valence electrons. The molecule has 0 amide bonds. The molecule has 0 spiro atoms. The van der Waals surface area contributed by atoms with Gasteiger partial charge in [-0.25, -0.2) is 4.98 Å². The van der Waals surface area contributed by atoms with Gasteiger partial charge in [0.2, 0.25) is 0 Å². The number of nitrogens with zero attached hydrogens (tertiary/aromatic N) is 1. The van der Waals surface area contributed by atoms with Crippen LogP contribution in [0.5, 0.6) is 0 Å². The van der Waals surface area contributed by atoms with Crippen molar-refractivity contribution >= 4 is 13.9 Å². The van der Waals surface area contributed by atoms with Crippen molar-refractivity contribution < 1.29 is 4.74 Å². The van der Waals surface area contributed by atoms with Crippen LogP contribution >= 0.6 is 0 Å². The predicted molar refractivity (Wildman–Crippen MR) is 79.7 cm³/mol. The minimum Gasteiger partial charge on any atom is -0.381 e. The van der Waals surface area contributed by atoms with E-state index in [9.17, 15) is 0 Å². The highest BCUT2D eigenvalue weighted by molar-refractivity contribution is 6.83. The van der Waals surface area contributed by atoms with Crippen molar-refractivity contribution in [2.75, 3.05) is 18.5 Å². The molecule has 0 bridgehead atoms. The fourth-order valence-electron chi connectivity index (χ4n) is 2.49. The molecule has 2 aliphatic rings. The summed E-state index contributed by atoms with van der Waals surface area (Å²) in [4.78, 5) is 4.45. The molecule has 2 fully saturated rings. The fourth-order valence-corrected chi connectivity index (χ4v) is 3.00. The summed E-state index contributed by atoms with van der Waals surface area (Å²) in [5, 5.41) is 3.54. The summed E-state index contributed by atoms with van der Waals surface area (Å²) in [7, 11) is -1.35. The van der Waals surface area contributed by atoms with Gasteiger partial charge in [0, 0.05) is 24.1 Å². The van der Waals surface area contributed by atoms with E-state index in [0.717, 1.165) is 24.6 Å². The van der Waals surface area contributed by atoms with E-state index >= 15 is 0 Å². The zero-order chi connectivity index (χ0) is 13.5. The monoisotopic (exact) mass is 272 g/mol. The molecule has 3 rings (SSSR count). The Labute approximate surface area is 115 Å². The molecule has 1 aromatic heterocycles. The highest BCUT2D eigenvalue weighted by atomic mass is 28.3. The first-order chi connectivity index (χ1) is 9.04. The number of aromatic nitrogens is 1. The Kier molecular flexibility index (Phi) is 3.12. The van der Waals surface area contributed by atoms with Gasteiger partial charge in [-0.1, -0.05) is 25.6 Å². The molecule has 19 heavy (non-hydrogen) atoms. The average Bonchev–Trinajstić information content (AvgIpc) is 2.81. The normalized spacial score (nSPS) is 28.3. The first kappa shape index (κ1) is 12.7. The van der Waals surface area contributed by atoms with Gasteiger partial charge < -0.3 is 10.1 Å². The molecule has 1 aliphatic heterocycles. The first-order valence-electron chi connectivity index (χ1n) is 6.87. The molecular weight excluding hydrogens is 252 g/mol. The Morgan fingerprint density at radius 3 is 2.74 bits per heavy atom. The van der Waals surface area contributed by atoms with E-state index in [4.69, 9.17) is 4.74 Å². The number of pyridine rings is 1. The summed E-state index contributed by atoms with van der Waals surface area (Å²) in [6, 6.07) is 4.55. The zero-order valence-electron chi connectivity index (χ0n) is 11.7. The van der Waals surface area contributed by atoms with Crippen LogP contribution < -0.4 is 5.32 Å². The Morgan fingerprint density at radius 2 is 2.05 bits per heavy atom. The minimum atomic E-state index is -1.35. The lowest BCUT2D eigenvalue weighted by atomic mass is 10.2. The Bertz CT molecular complexity index is 531. The van der Waals surface area contributed by atoms with Crippen LogP contribution in [0.3, 0.4) is 0 Å². The van der Waals surface area contributed by atoms with Gasteiger partial charge in [-0.3, -0.25) is 0 Å². The molecule has 3 nitrogen and oxygen atoms in total. The van der Waals surface area contributed by atoms with E-state index in [1.165, 1.54) is 0 Å². The zero-order valence-corrected chi connectivity index (χ0v) is 12.7. The van der Waals surface area contributed by atoms with E-state index in [1.54, 1.807) is 0 Å². The molecule has 0 aromatic carbocycles. The molecule has 1 aromatic rings. The van der Waals surface area contributed by atoms with E-state index in [-0.39, 0.29) is 0 Å². The van der Waals surface area contributed by atoms with Crippen LogP contribution in [0, 0.1) is 23.3 Å².